The van der Waals surface area contributed by atoms with Gasteiger partial charge in [0.25, 0.3) is 5.91 Å². The Hall–Kier alpha value is -2.83. The summed E-state index contributed by atoms with van der Waals surface area (Å²) in [5, 5.41) is 8.11. The highest BCUT2D eigenvalue weighted by atomic mass is 16.5. The monoisotopic (exact) mass is 260 g/mol. The Balaban J connectivity index is 1.95. The van der Waals surface area contributed by atoms with Gasteiger partial charge in [0.05, 0.1) is 0 Å². The predicted molar refractivity (Wildman–Crippen MR) is 68.6 cm³/mol. The fourth-order valence-electron chi connectivity index (χ4n) is 1.38. The van der Waals surface area contributed by atoms with Crippen molar-refractivity contribution in [2.75, 3.05) is 11.1 Å². The number of carbonyl (C=O) groups excluding carboxylic acids is 2. The first-order valence-corrected chi connectivity index (χ1v) is 5.46. The molecule has 7 nitrogen and oxygen atoms in total. The van der Waals surface area contributed by atoms with Crippen LogP contribution in [0.2, 0.25) is 0 Å². The maximum absolute atomic E-state index is 11.7. The van der Waals surface area contributed by atoms with Gasteiger partial charge >= 0.3 is 6.03 Å². The second-order valence-corrected chi connectivity index (χ2v) is 3.85. The number of urea groups is 1. The SMILES string of the molecule is Cc1cc(NC(=O)NC(=O)c2ccc(N)cc2)no1. The van der Waals surface area contributed by atoms with Gasteiger partial charge in [0, 0.05) is 17.3 Å². The van der Waals surface area contributed by atoms with Gasteiger partial charge in [0.2, 0.25) is 0 Å². The van der Waals surface area contributed by atoms with Crippen molar-refractivity contribution in [1.29, 1.82) is 0 Å². The molecule has 0 saturated carbocycles. The van der Waals surface area contributed by atoms with Crippen LogP contribution in [0.3, 0.4) is 0 Å². The van der Waals surface area contributed by atoms with Crippen LogP contribution in [0.5, 0.6) is 0 Å². The molecule has 4 N–H and O–H groups in total. The van der Waals surface area contributed by atoms with Crippen molar-refractivity contribution in [2.45, 2.75) is 6.92 Å². The fraction of sp³-hybridized carbons (Fsp3) is 0.0833. The van der Waals surface area contributed by atoms with E-state index in [0.717, 1.165) is 0 Å². The lowest BCUT2D eigenvalue weighted by atomic mass is 10.2. The number of amides is 3. The van der Waals surface area contributed by atoms with Crippen molar-refractivity contribution in [3.63, 3.8) is 0 Å². The molecule has 0 fully saturated rings. The molecule has 0 atom stereocenters. The molecule has 1 aromatic heterocycles. The topological polar surface area (TPSA) is 110 Å². The summed E-state index contributed by atoms with van der Waals surface area (Å²) in [5.74, 6) is 0.262. The first kappa shape index (κ1) is 12.6. The lowest BCUT2D eigenvalue weighted by Crippen LogP contribution is -2.34. The zero-order chi connectivity index (χ0) is 13.8. The number of nitrogens with one attached hydrogen (secondary N) is 2. The number of nitrogens with zero attached hydrogens (tertiary/aromatic N) is 1. The van der Waals surface area contributed by atoms with E-state index in [1.807, 2.05) is 0 Å². The van der Waals surface area contributed by atoms with Gasteiger partial charge in [-0.3, -0.25) is 15.4 Å². The quantitative estimate of drug-likeness (QED) is 0.709. The third-order valence-corrected chi connectivity index (χ3v) is 2.27. The molecule has 0 saturated heterocycles. The van der Waals surface area contributed by atoms with Crippen molar-refractivity contribution in [2.24, 2.45) is 0 Å². The number of benzene rings is 1. The first-order valence-electron chi connectivity index (χ1n) is 5.46. The smallest absolute Gasteiger partial charge is 0.327 e. The van der Waals surface area contributed by atoms with Crippen molar-refractivity contribution in [1.82, 2.24) is 10.5 Å². The maximum atomic E-state index is 11.7. The second-order valence-electron chi connectivity index (χ2n) is 3.85. The van der Waals surface area contributed by atoms with Crippen molar-refractivity contribution in [3.8, 4) is 0 Å². The summed E-state index contributed by atoms with van der Waals surface area (Å²) >= 11 is 0. The van der Waals surface area contributed by atoms with Gasteiger partial charge < -0.3 is 10.3 Å². The molecule has 0 radical (unpaired) electrons. The Morgan fingerprint density at radius 1 is 1.26 bits per heavy atom. The second kappa shape index (κ2) is 5.21. The minimum Gasteiger partial charge on any atom is -0.399 e. The van der Waals surface area contributed by atoms with Crippen LogP contribution in [0.15, 0.2) is 34.9 Å². The van der Waals surface area contributed by atoms with Crippen LogP contribution in [-0.2, 0) is 0 Å². The Labute approximate surface area is 108 Å². The Morgan fingerprint density at radius 2 is 1.95 bits per heavy atom. The van der Waals surface area contributed by atoms with E-state index in [2.05, 4.69) is 15.8 Å². The van der Waals surface area contributed by atoms with Crippen molar-refractivity contribution >= 4 is 23.4 Å². The number of nitrogens with two attached hydrogens (primary N) is 1. The summed E-state index contributed by atoms with van der Waals surface area (Å²) in [6, 6.07) is 7.06. The zero-order valence-corrected chi connectivity index (χ0v) is 10.1. The van der Waals surface area contributed by atoms with Crippen molar-refractivity contribution in [3.05, 3.63) is 41.7 Å². The molecule has 0 aliphatic rings. The lowest BCUT2D eigenvalue weighted by molar-refractivity contribution is 0.0967. The zero-order valence-electron chi connectivity index (χ0n) is 10.1. The summed E-state index contributed by atoms with van der Waals surface area (Å²) in [6.45, 7) is 1.69. The minimum absolute atomic E-state index is 0.236. The summed E-state index contributed by atoms with van der Waals surface area (Å²) < 4.78 is 4.78. The van der Waals surface area contributed by atoms with Crippen LogP contribution in [0, 0.1) is 6.92 Å². The molecule has 0 spiro atoms. The molecular weight excluding hydrogens is 248 g/mol. The highest BCUT2D eigenvalue weighted by Gasteiger charge is 2.11. The van der Waals surface area contributed by atoms with Gasteiger partial charge in [-0.25, -0.2) is 4.79 Å². The molecule has 19 heavy (non-hydrogen) atoms. The first-order chi connectivity index (χ1) is 9.04. The third kappa shape index (κ3) is 3.32. The normalized spacial score (nSPS) is 9.95. The van der Waals surface area contributed by atoms with Crippen LogP contribution < -0.4 is 16.4 Å². The van der Waals surface area contributed by atoms with E-state index >= 15 is 0 Å². The third-order valence-electron chi connectivity index (χ3n) is 2.27. The molecule has 2 aromatic rings. The van der Waals surface area contributed by atoms with Gasteiger partial charge in [0.1, 0.15) is 5.76 Å². The van der Waals surface area contributed by atoms with E-state index in [1.165, 1.54) is 18.2 Å². The number of rotatable bonds is 2. The van der Waals surface area contributed by atoms with E-state index in [-0.39, 0.29) is 5.82 Å². The number of imide groups is 1. The summed E-state index contributed by atoms with van der Waals surface area (Å²) in [7, 11) is 0. The molecule has 0 aliphatic heterocycles. The summed E-state index contributed by atoms with van der Waals surface area (Å²) in [6.07, 6.45) is 0. The van der Waals surface area contributed by atoms with Gasteiger partial charge in [-0.15, -0.1) is 0 Å². The van der Waals surface area contributed by atoms with Crippen LogP contribution in [0.25, 0.3) is 0 Å². The van der Waals surface area contributed by atoms with Gasteiger partial charge in [-0.1, -0.05) is 5.16 Å². The summed E-state index contributed by atoms with van der Waals surface area (Å²) in [4.78, 5) is 23.2. The lowest BCUT2D eigenvalue weighted by Gasteiger charge is -2.04. The van der Waals surface area contributed by atoms with E-state index in [4.69, 9.17) is 10.3 Å². The highest BCUT2D eigenvalue weighted by molar-refractivity contribution is 6.07. The fourth-order valence-corrected chi connectivity index (χ4v) is 1.38. The Morgan fingerprint density at radius 3 is 2.53 bits per heavy atom. The van der Waals surface area contributed by atoms with E-state index in [1.54, 1.807) is 19.1 Å². The predicted octanol–water partition coefficient (Wildman–Crippen LogP) is 1.53. The van der Waals surface area contributed by atoms with Gasteiger partial charge in [-0.2, -0.15) is 0 Å². The Bertz CT molecular complexity index is 604. The van der Waals surface area contributed by atoms with Crippen LogP contribution >= 0.6 is 0 Å². The van der Waals surface area contributed by atoms with Crippen LogP contribution in [0.4, 0.5) is 16.3 Å². The van der Waals surface area contributed by atoms with Crippen molar-refractivity contribution < 1.29 is 14.1 Å². The molecule has 0 unspecified atom stereocenters. The van der Waals surface area contributed by atoms with E-state index in [0.29, 0.717) is 17.0 Å². The minimum atomic E-state index is -0.685. The molecule has 7 heteroatoms. The maximum Gasteiger partial charge on any atom is 0.327 e. The number of anilines is 2. The average molecular weight is 260 g/mol. The molecular formula is C12H12N4O3. The highest BCUT2D eigenvalue weighted by Crippen LogP contribution is 2.07. The standard InChI is InChI=1S/C12H12N4O3/c1-7-6-10(16-19-7)14-12(18)15-11(17)8-2-4-9(13)5-3-8/h2-6H,13H2,1H3,(H2,14,15,16,17,18). The molecule has 1 heterocycles. The number of nitrogen functional groups attached to an aromatic ring is 1. The van der Waals surface area contributed by atoms with E-state index < -0.39 is 11.9 Å². The largest absolute Gasteiger partial charge is 0.399 e. The molecule has 98 valence electrons. The number of hydrogen-bond acceptors (Lipinski definition) is 5. The van der Waals surface area contributed by atoms with Crippen LogP contribution in [-0.4, -0.2) is 17.1 Å². The number of aromatic nitrogens is 1. The molecule has 2 rings (SSSR count). The van der Waals surface area contributed by atoms with Crippen LogP contribution in [0.1, 0.15) is 16.1 Å². The number of hydrogen-bond donors (Lipinski definition) is 3. The Kier molecular flexibility index (Phi) is 3.46. The molecule has 1 aromatic carbocycles. The number of aryl methyl sites for hydroxylation is 1. The van der Waals surface area contributed by atoms with Gasteiger partial charge in [-0.05, 0) is 31.2 Å². The molecule has 3 amide bonds. The van der Waals surface area contributed by atoms with E-state index in [9.17, 15) is 9.59 Å². The summed E-state index contributed by atoms with van der Waals surface area (Å²) in [5.41, 5.74) is 6.38. The van der Waals surface area contributed by atoms with Gasteiger partial charge in [0.15, 0.2) is 5.82 Å². The molecule has 0 bridgehead atoms. The average Bonchev–Trinajstić information content (AvgIpc) is 2.75. The molecule has 0 aliphatic carbocycles. The number of carbonyl (C=O) groups is 2.